The minimum Gasteiger partial charge on any atom is -0.338 e. The molecule has 0 aromatic carbocycles. The molecular weight excluding hydrogens is 292 g/mol. The van der Waals surface area contributed by atoms with Gasteiger partial charge in [0.1, 0.15) is 0 Å². The highest BCUT2D eigenvalue weighted by Gasteiger charge is 2.45. The zero-order chi connectivity index (χ0) is 16.3. The largest absolute Gasteiger partial charge is 0.338 e. The fourth-order valence-corrected chi connectivity index (χ4v) is 3.69. The molecule has 0 bridgehead atoms. The quantitative estimate of drug-likeness (QED) is 0.798. The van der Waals surface area contributed by atoms with Crippen LogP contribution in [0.25, 0.3) is 0 Å². The van der Waals surface area contributed by atoms with Crippen LogP contribution >= 0.6 is 0 Å². The van der Waals surface area contributed by atoms with Gasteiger partial charge in [-0.1, -0.05) is 13.5 Å². The Balaban J connectivity index is 1.72. The number of aromatic nitrogens is 4. The molecule has 0 spiro atoms. The molecule has 2 aliphatic rings. The molecule has 1 saturated carbocycles. The van der Waals surface area contributed by atoms with E-state index in [2.05, 4.69) is 34.3 Å². The van der Waals surface area contributed by atoms with Crippen molar-refractivity contribution in [2.75, 3.05) is 13.1 Å². The number of carbonyl (C=O) groups is 1. The van der Waals surface area contributed by atoms with Crippen LogP contribution in [0.5, 0.6) is 0 Å². The van der Waals surface area contributed by atoms with E-state index in [0.29, 0.717) is 6.04 Å². The average Bonchev–Trinajstić information content (AvgIpc) is 2.99. The third kappa shape index (κ3) is 3.15. The molecule has 23 heavy (non-hydrogen) atoms. The number of nitrogens with zero attached hydrogens (tertiary/aromatic N) is 5. The van der Waals surface area contributed by atoms with Gasteiger partial charge in [0.05, 0.1) is 5.54 Å². The normalized spacial score (nSPS) is 23.3. The van der Waals surface area contributed by atoms with Crippen molar-refractivity contribution < 1.29 is 4.79 Å². The van der Waals surface area contributed by atoms with E-state index < -0.39 is 0 Å². The highest BCUT2D eigenvalue weighted by Crippen LogP contribution is 2.41. The number of hydrogen-bond donors (Lipinski definition) is 1. The average molecular weight is 318 g/mol. The van der Waals surface area contributed by atoms with E-state index in [1.807, 2.05) is 9.58 Å². The summed E-state index contributed by atoms with van der Waals surface area (Å²) in [5.41, 5.74) is -0.121. The van der Waals surface area contributed by atoms with Crippen molar-refractivity contribution in [2.24, 2.45) is 0 Å². The highest BCUT2D eigenvalue weighted by atomic mass is 16.2. The molecule has 7 nitrogen and oxygen atoms in total. The van der Waals surface area contributed by atoms with Crippen molar-refractivity contribution in [2.45, 2.75) is 63.6 Å². The van der Waals surface area contributed by atoms with Crippen LogP contribution in [-0.4, -0.2) is 50.1 Å². The van der Waals surface area contributed by atoms with Crippen LogP contribution < -0.4 is 5.32 Å². The highest BCUT2D eigenvalue weighted by molar-refractivity contribution is 5.87. The van der Waals surface area contributed by atoms with Crippen molar-refractivity contribution in [1.82, 2.24) is 30.4 Å². The van der Waals surface area contributed by atoms with Crippen molar-refractivity contribution in [3.05, 3.63) is 18.5 Å². The van der Waals surface area contributed by atoms with Crippen molar-refractivity contribution in [3.8, 4) is 0 Å². The van der Waals surface area contributed by atoms with Gasteiger partial charge in [-0.05, 0) is 55.0 Å². The van der Waals surface area contributed by atoms with Gasteiger partial charge in [0, 0.05) is 25.7 Å². The summed E-state index contributed by atoms with van der Waals surface area (Å²) in [5, 5.41) is 16.1. The molecule has 126 valence electrons. The summed E-state index contributed by atoms with van der Waals surface area (Å²) in [5.74, 6) is 0.979. The van der Waals surface area contributed by atoms with Gasteiger partial charge in [-0.15, -0.1) is 5.10 Å². The standard InChI is InChI=1S/C16H26N6O/c1-3-10-22-15(18-19-20-22)16(8-6-9-16)17-13-7-5-11-21(12-13)14(23)4-2/h4,13,17H,2-3,5-12H2,1H3. The number of carbonyl (C=O) groups excluding carboxylic acids is 1. The summed E-state index contributed by atoms with van der Waals surface area (Å²) in [6.07, 6.45) is 7.83. The molecule has 2 fully saturated rings. The van der Waals surface area contributed by atoms with Crippen LogP contribution in [-0.2, 0) is 16.9 Å². The molecule has 1 aromatic heterocycles. The summed E-state index contributed by atoms with van der Waals surface area (Å²) in [6, 6.07) is 0.291. The molecule has 1 atom stereocenters. The third-order valence-corrected chi connectivity index (χ3v) is 4.99. The lowest BCUT2D eigenvalue weighted by Gasteiger charge is -2.46. The lowest BCUT2D eigenvalue weighted by molar-refractivity contribution is -0.127. The predicted molar refractivity (Wildman–Crippen MR) is 86.6 cm³/mol. The van der Waals surface area contributed by atoms with E-state index in [-0.39, 0.29) is 11.4 Å². The summed E-state index contributed by atoms with van der Waals surface area (Å²) in [6.45, 7) is 8.13. The number of rotatable bonds is 6. The first kappa shape index (κ1) is 16.1. The van der Waals surface area contributed by atoms with Gasteiger partial charge in [0.25, 0.3) is 0 Å². The van der Waals surface area contributed by atoms with Crippen LogP contribution in [0.4, 0.5) is 0 Å². The zero-order valence-corrected chi connectivity index (χ0v) is 13.9. The molecule has 1 unspecified atom stereocenters. The second-order valence-electron chi connectivity index (χ2n) is 6.63. The van der Waals surface area contributed by atoms with Crippen LogP contribution in [0.1, 0.15) is 51.3 Å². The molecule has 3 rings (SSSR count). The van der Waals surface area contributed by atoms with E-state index in [1.165, 1.54) is 12.5 Å². The second-order valence-corrected chi connectivity index (χ2v) is 6.63. The maximum Gasteiger partial charge on any atom is 0.246 e. The SMILES string of the molecule is C=CC(=O)N1CCCC(NC2(c3nnnn3CCC)CCC2)C1. The molecule has 1 aromatic rings. The fourth-order valence-electron chi connectivity index (χ4n) is 3.69. The Morgan fingerprint density at radius 1 is 1.48 bits per heavy atom. The smallest absolute Gasteiger partial charge is 0.246 e. The second kappa shape index (κ2) is 6.78. The van der Waals surface area contributed by atoms with E-state index in [9.17, 15) is 4.79 Å². The maximum absolute atomic E-state index is 11.9. The Morgan fingerprint density at radius 2 is 2.30 bits per heavy atom. The predicted octanol–water partition coefficient (Wildman–Crippen LogP) is 1.23. The molecule has 1 N–H and O–H groups in total. The molecular formula is C16H26N6O. The Kier molecular flexibility index (Phi) is 4.75. The van der Waals surface area contributed by atoms with Gasteiger partial charge in [-0.25, -0.2) is 4.68 Å². The lowest BCUT2D eigenvalue weighted by atomic mass is 9.75. The van der Waals surface area contributed by atoms with Crippen LogP contribution in [0.15, 0.2) is 12.7 Å². The number of nitrogens with one attached hydrogen (secondary N) is 1. The Bertz CT molecular complexity index is 565. The van der Waals surface area contributed by atoms with E-state index in [1.54, 1.807) is 0 Å². The number of piperidine rings is 1. The van der Waals surface area contributed by atoms with E-state index in [0.717, 1.165) is 57.6 Å². The van der Waals surface area contributed by atoms with Crippen molar-refractivity contribution in [1.29, 1.82) is 0 Å². The number of aryl methyl sites for hydroxylation is 1. The summed E-state index contributed by atoms with van der Waals surface area (Å²) in [7, 11) is 0. The van der Waals surface area contributed by atoms with Gasteiger partial charge >= 0.3 is 0 Å². The van der Waals surface area contributed by atoms with E-state index >= 15 is 0 Å². The summed E-state index contributed by atoms with van der Waals surface area (Å²) in [4.78, 5) is 13.8. The van der Waals surface area contributed by atoms with Gasteiger partial charge < -0.3 is 10.2 Å². The fraction of sp³-hybridized carbons (Fsp3) is 0.750. The van der Waals surface area contributed by atoms with Crippen molar-refractivity contribution >= 4 is 5.91 Å². The monoisotopic (exact) mass is 318 g/mol. The molecule has 1 saturated heterocycles. The topological polar surface area (TPSA) is 75.9 Å². The number of likely N-dealkylation sites (tertiary alicyclic amines) is 1. The Hall–Kier alpha value is -1.76. The number of hydrogen-bond acceptors (Lipinski definition) is 5. The first-order chi connectivity index (χ1) is 11.2. The minimum absolute atomic E-state index is 0.0231. The minimum atomic E-state index is -0.121. The Morgan fingerprint density at radius 3 is 2.96 bits per heavy atom. The van der Waals surface area contributed by atoms with Crippen LogP contribution in [0, 0.1) is 0 Å². The van der Waals surface area contributed by atoms with Crippen molar-refractivity contribution in [3.63, 3.8) is 0 Å². The molecule has 1 aliphatic carbocycles. The maximum atomic E-state index is 11.9. The van der Waals surface area contributed by atoms with Crippen LogP contribution in [0.2, 0.25) is 0 Å². The van der Waals surface area contributed by atoms with Gasteiger partial charge in [-0.3, -0.25) is 4.79 Å². The third-order valence-electron chi connectivity index (χ3n) is 4.99. The first-order valence-corrected chi connectivity index (χ1v) is 8.64. The number of amides is 1. The lowest BCUT2D eigenvalue weighted by Crippen LogP contribution is -2.58. The van der Waals surface area contributed by atoms with Gasteiger partial charge in [-0.2, -0.15) is 0 Å². The Labute approximate surface area is 137 Å². The molecule has 1 amide bonds. The van der Waals surface area contributed by atoms with Gasteiger partial charge in [0.15, 0.2) is 5.82 Å². The van der Waals surface area contributed by atoms with Crippen LogP contribution in [0.3, 0.4) is 0 Å². The molecule has 7 heteroatoms. The number of tetrazole rings is 1. The summed E-state index contributed by atoms with van der Waals surface area (Å²) < 4.78 is 1.93. The van der Waals surface area contributed by atoms with E-state index in [4.69, 9.17) is 0 Å². The zero-order valence-electron chi connectivity index (χ0n) is 13.9. The van der Waals surface area contributed by atoms with Gasteiger partial charge in [0.2, 0.25) is 5.91 Å². The molecule has 1 aliphatic heterocycles. The first-order valence-electron chi connectivity index (χ1n) is 8.64. The summed E-state index contributed by atoms with van der Waals surface area (Å²) >= 11 is 0. The molecule has 2 heterocycles. The molecule has 0 radical (unpaired) electrons.